The number of benzene rings is 1. The first-order valence-electron chi connectivity index (χ1n) is 5.79. The number of nitrogens with one attached hydrogen (secondary N) is 1. The minimum Gasteiger partial charge on any atom is -0.508 e. The molecule has 1 unspecified atom stereocenters. The van der Waals surface area contributed by atoms with Crippen molar-refractivity contribution in [3.8, 4) is 11.5 Å². The van der Waals surface area contributed by atoms with E-state index in [1.807, 2.05) is 27.1 Å². The van der Waals surface area contributed by atoms with E-state index in [4.69, 9.17) is 4.74 Å². The second-order valence-electron chi connectivity index (χ2n) is 4.40. The van der Waals surface area contributed by atoms with Crippen LogP contribution in [0.25, 0.3) is 0 Å². The number of aromatic hydroxyl groups is 1. The Kier molecular flexibility index (Phi) is 5.25. The van der Waals surface area contributed by atoms with Crippen molar-refractivity contribution in [2.45, 2.75) is 13.0 Å². The van der Waals surface area contributed by atoms with Crippen molar-refractivity contribution in [2.24, 2.45) is 0 Å². The molecule has 0 aliphatic heterocycles. The molecule has 0 heterocycles. The lowest BCUT2D eigenvalue weighted by atomic mass is 10.1. The first-order valence-corrected chi connectivity index (χ1v) is 5.79. The highest BCUT2D eigenvalue weighted by molar-refractivity contribution is 5.41. The SMILES string of the molecule is COc1ccc(O)c(C(C)NCCN(C)C)c1. The molecule has 0 aromatic heterocycles. The number of methoxy groups -OCH3 is 1. The van der Waals surface area contributed by atoms with Crippen LogP contribution in [0.3, 0.4) is 0 Å². The zero-order chi connectivity index (χ0) is 12.8. The molecule has 0 aliphatic carbocycles. The van der Waals surface area contributed by atoms with Gasteiger partial charge in [0.2, 0.25) is 0 Å². The zero-order valence-electron chi connectivity index (χ0n) is 11.0. The van der Waals surface area contributed by atoms with Crippen molar-refractivity contribution >= 4 is 0 Å². The van der Waals surface area contributed by atoms with Gasteiger partial charge in [-0.3, -0.25) is 0 Å². The van der Waals surface area contributed by atoms with Crippen LogP contribution in [-0.4, -0.2) is 44.3 Å². The highest BCUT2D eigenvalue weighted by Gasteiger charge is 2.10. The summed E-state index contributed by atoms with van der Waals surface area (Å²) in [4.78, 5) is 2.12. The van der Waals surface area contributed by atoms with Crippen molar-refractivity contribution in [3.05, 3.63) is 23.8 Å². The lowest BCUT2D eigenvalue weighted by Gasteiger charge is -2.18. The molecule has 2 N–H and O–H groups in total. The summed E-state index contributed by atoms with van der Waals surface area (Å²) in [6, 6.07) is 5.39. The fourth-order valence-electron chi connectivity index (χ4n) is 1.62. The maximum Gasteiger partial charge on any atom is 0.120 e. The molecular formula is C13H22N2O2. The van der Waals surface area contributed by atoms with E-state index in [9.17, 15) is 5.11 Å². The van der Waals surface area contributed by atoms with E-state index in [0.717, 1.165) is 24.4 Å². The molecule has 0 saturated carbocycles. The maximum atomic E-state index is 9.80. The first-order chi connectivity index (χ1) is 8.04. The highest BCUT2D eigenvalue weighted by atomic mass is 16.5. The number of rotatable bonds is 6. The summed E-state index contributed by atoms with van der Waals surface area (Å²) in [5.74, 6) is 1.06. The summed E-state index contributed by atoms with van der Waals surface area (Å²) in [7, 11) is 5.70. The molecule has 0 bridgehead atoms. The molecule has 0 radical (unpaired) electrons. The summed E-state index contributed by atoms with van der Waals surface area (Å²) >= 11 is 0. The number of ether oxygens (including phenoxy) is 1. The molecule has 96 valence electrons. The predicted molar refractivity (Wildman–Crippen MR) is 69.6 cm³/mol. The topological polar surface area (TPSA) is 44.7 Å². The van der Waals surface area contributed by atoms with Crippen LogP contribution in [0.1, 0.15) is 18.5 Å². The van der Waals surface area contributed by atoms with E-state index in [0.29, 0.717) is 5.75 Å². The number of hydrogen-bond donors (Lipinski definition) is 2. The van der Waals surface area contributed by atoms with Crippen molar-refractivity contribution in [2.75, 3.05) is 34.3 Å². The summed E-state index contributed by atoms with van der Waals surface area (Å²) in [6.07, 6.45) is 0. The summed E-state index contributed by atoms with van der Waals surface area (Å²) in [5, 5.41) is 13.2. The molecule has 4 nitrogen and oxygen atoms in total. The minimum atomic E-state index is 0.102. The van der Waals surface area contributed by atoms with E-state index in [1.165, 1.54) is 0 Å². The zero-order valence-corrected chi connectivity index (χ0v) is 11.0. The second-order valence-corrected chi connectivity index (χ2v) is 4.40. The van der Waals surface area contributed by atoms with Gasteiger partial charge in [0.25, 0.3) is 0 Å². The van der Waals surface area contributed by atoms with E-state index in [1.54, 1.807) is 19.2 Å². The summed E-state index contributed by atoms with van der Waals surface area (Å²) < 4.78 is 5.16. The number of phenolic OH excluding ortho intramolecular Hbond substituents is 1. The summed E-state index contributed by atoms with van der Waals surface area (Å²) in [5.41, 5.74) is 0.864. The van der Waals surface area contributed by atoms with Gasteiger partial charge in [-0.15, -0.1) is 0 Å². The van der Waals surface area contributed by atoms with Gasteiger partial charge in [-0.05, 0) is 39.2 Å². The largest absolute Gasteiger partial charge is 0.508 e. The van der Waals surface area contributed by atoms with Gasteiger partial charge in [-0.1, -0.05) is 0 Å². The van der Waals surface area contributed by atoms with Crippen LogP contribution in [0.4, 0.5) is 0 Å². The Morgan fingerprint density at radius 2 is 2.12 bits per heavy atom. The second kappa shape index (κ2) is 6.47. The normalized spacial score (nSPS) is 12.8. The fourth-order valence-corrected chi connectivity index (χ4v) is 1.62. The van der Waals surface area contributed by atoms with E-state index in [2.05, 4.69) is 10.2 Å². The Morgan fingerprint density at radius 1 is 1.41 bits per heavy atom. The van der Waals surface area contributed by atoms with Gasteiger partial charge in [0.1, 0.15) is 11.5 Å². The molecule has 17 heavy (non-hydrogen) atoms. The molecule has 1 aromatic rings. The Hall–Kier alpha value is -1.26. The number of likely N-dealkylation sites (N-methyl/N-ethyl adjacent to an activating group) is 1. The Labute approximate surface area is 103 Å². The Morgan fingerprint density at radius 3 is 2.71 bits per heavy atom. The van der Waals surface area contributed by atoms with E-state index < -0.39 is 0 Å². The lowest BCUT2D eigenvalue weighted by molar-refractivity contribution is 0.383. The predicted octanol–water partition coefficient (Wildman–Crippen LogP) is 1.61. The average Bonchev–Trinajstić information content (AvgIpc) is 2.29. The maximum absolute atomic E-state index is 9.80. The molecule has 4 heteroatoms. The van der Waals surface area contributed by atoms with Crippen LogP contribution in [0.15, 0.2) is 18.2 Å². The minimum absolute atomic E-state index is 0.102. The van der Waals surface area contributed by atoms with Gasteiger partial charge in [0, 0.05) is 24.7 Å². The first kappa shape index (κ1) is 13.8. The third-order valence-corrected chi connectivity index (χ3v) is 2.71. The molecule has 1 aromatic carbocycles. The Bertz CT molecular complexity index is 353. The molecule has 0 spiro atoms. The van der Waals surface area contributed by atoms with Gasteiger partial charge in [-0.2, -0.15) is 0 Å². The number of hydrogen-bond acceptors (Lipinski definition) is 4. The van der Waals surface area contributed by atoms with Crippen LogP contribution in [-0.2, 0) is 0 Å². The van der Waals surface area contributed by atoms with Crippen molar-refractivity contribution in [1.29, 1.82) is 0 Å². The van der Waals surface area contributed by atoms with Gasteiger partial charge in [0.05, 0.1) is 7.11 Å². The van der Waals surface area contributed by atoms with Crippen molar-refractivity contribution < 1.29 is 9.84 Å². The van der Waals surface area contributed by atoms with Crippen LogP contribution < -0.4 is 10.1 Å². The third-order valence-electron chi connectivity index (χ3n) is 2.71. The smallest absolute Gasteiger partial charge is 0.120 e. The Balaban J connectivity index is 2.64. The molecule has 1 atom stereocenters. The van der Waals surface area contributed by atoms with Crippen LogP contribution >= 0.6 is 0 Å². The standard InChI is InChI=1S/C13H22N2O2/c1-10(14-7-8-15(2)3)12-9-11(17-4)5-6-13(12)16/h5-6,9-10,14,16H,7-8H2,1-4H3. The molecule has 0 aliphatic rings. The van der Waals surface area contributed by atoms with Gasteiger partial charge >= 0.3 is 0 Å². The molecule has 0 fully saturated rings. The molecular weight excluding hydrogens is 216 g/mol. The number of phenols is 1. The van der Waals surface area contributed by atoms with Crippen LogP contribution in [0, 0.1) is 0 Å². The monoisotopic (exact) mass is 238 g/mol. The van der Waals surface area contributed by atoms with Gasteiger partial charge in [-0.25, -0.2) is 0 Å². The third kappa shape index (κ3) is 4.24. The summed E-state index contributed by atoms with van der Waals surface area (Å²) in [6.45, 7) is 3.88. The fraction of sp³-hybridized carbons (Fsp3) is 0.538. The van der Waals surface area contributed by atoms with E-state index >= 15 is 0 Å². The quantitative estimate of drug-likeness (QED) is 0.790. The van der Waals surface area contributed by atoms with Crippen molar-refractivity contribution in [3.63, 3.8) is 0 Å². The highest BCUT2D eigenvalue weighted by Crippen LogP contribution is 2.27. The van der Waals surface area contributed by atoms with Gasteiger partial charge < -0.3 is 20.1 Å². The number of nitrogens with zero attached hydrogens (tertiary/aromatic N) is 1. The van der Waals surface area contributed by atoms with Crippen LogP contribution in [0.2, 0.25) is 0 Å². The van der Waals surface area contributed by atoms with E-state index in [-0.39, 0.29) is 6.04 Å². The molecule has 1 rings (SSSR count). The molecule has 0 amide bonds. The van der Waals surface area contributed by atoms with Crippen LogP contribution in [0.5, 0.6) is 11.5 Å². The lowest BCUT2D eigenvalue weighted by Crippen LogP contribution is -2.28. The average molecular weight is 238 g/mol. The molecule has 0 saturated heterocycles. The van der Waals surface area contributed by atoms with Gasteiger partial charge in [0.15, 0.2) is 0 Å². The van der Waals surface area contributed by atoms with Crippen molar-refractivity contribution in [1.82, 2.24) is 10.2 Å².